The van der Waals surface area contributed by atoms with Gasteiger partial charge in [-0.2, -0.15) is 0 Å². The highest BCUT2D eigenvalue weighted by molar-refractivity contribution is 4.95. The van der Waals surface area contributed by atoms with Crippen LogP contribution >= 0.6 is 0 Å². The van der Waals surface area contributed by atoms with E-state index in [0.717, 1.165) is 24.7 Å². The molecule has 0 radical (unpaired) electrons. The van der Waals surface area contributed by atoms with Gasteiger partial charge in [0.25, 0.3) is 0 Å². The van der Waals surface area contributed by atoms with Crippen LogP contribution in [0.2, 0.25) is 0 Å². The number of hydrogen-bond donors (Lipinski definition) is 2. The van der Waals surface area contributed by atoms with E-state index in [9.17, 15) is 5.11 Å². The van der Waals surface area contributed by atoms with Gasteiger partial charge in [0.1, 0.15) is 0 Å². The van der Waals surface area contributed by atoms with Crippen LogP contribution in [-0.2, 0) is 0 Å². The maximum absolute atomic E-state index is 9.32. The van der Waals surface area contributed by atoms with Gasteiger partial charge in [-0.15, -0.1) is 0 Å². The highest BCUT2D eigenvalue weighted by atomic mass is 16.3. The molecule has 4 nitrogen and oxygen atoms in total. The summed E-state index contributed by atoms with van der Waals surface area (Å²) in [7, 11) is 0. The number of nitrogens with zero attached hydrogens (tertiary/aromatic N) is 2. The molecule has 3 rings (SSSR count). The summed E-state index contributed by atoms with van der Waals surface area (Å²) >= 11 is 0. The van der Waals surface area contributed by atoms with E-state index in [1.807, 2.05) is 0 Å². The van der Waals surface area contributed by atoms with Crippen LogP contribution in [0.15, 0.2) is 0 Å². The highest BCUT2D eigenvalue weighted by Gasteiger charge is 2.38. The molecular formula is C17H33N3O. The Morgan fingerprint density at radius 3 is 2.81 bits per heavy atom. The van der Waals surface area contributed by atoms with Gasteiger partial charge < -0.3 is 10.4 Å². The Balaban J connectivity index is 1.25. The van der Waals surface area contributed by atoms with Crippen LogP contribution in [0, 0.1) is 0 Å². The Kier molecular flexibility index (Phi) is 5.54. The SMILES string of the molecule is CC1CC(NCCCCN2CCCC2CO)CN1C1CC1. The minimum atomic E-state index is 0.342. The zero-order valence-corrected chi connectivity index (χ0v) is 13.6. The number of aliphatic hydroxyl groups excluding tert-OH is 1. The smallest absolute Gasteiger partial charge is 0.0586 e. The molecule has 2 heterocycles. The van der Waals surface area contributed by atoms with E-state index >= 15 is 0 Å². The lowest BCUT2D eigenvalue weighted by atomic mass is 10.2. The summed E-state index contributed by atoms with van der Waals surface area (Å²) in [6.07, 6.45) is 9.17. The van der Waals surface area contributed by atoms with Gasteiger partial charge in [-0.05, 0) is 71.5 Å². The fraction of sp³-hybridized carbons (Fsp3) is 1.00. The molecule has 3 fully saturated rings. The lowest BCUT2D eigenvalue weighted by molar-refractivity contribution is 0.157. The molecule has 2 aliphatic heterocycles. The Bertz CT molecular complexity index is 321. The van der Waals surface area contributed by atoms with E-state index in [0.29, 0.717) is 12.6 Å². The number of unbranched alkanes of at least 4 members (excludes halogenated alkanes) is 1. The van der Waals surface area contributed by atoms with Crippen molar-refractivity contribution in [3.05, 3.63) is 0 Å². The van der Waals surface area contributed by atoms with Gasteiger partial charge in [-0.25, -0.2) is 0 Å². The molecule has 3 aliphatic rings. The van der Waals surface area contributed by atoms with Gasteiger partial charge in [-0.3, -0.25) is 9.80 Å². The third kappa shape index (κ3) is 4.19. The zero-order chi connectivity index (χ0) is 14.7. The van der Waals surface area contributed by atoms with Gasteiger partial charge in [0.2, 0.25) is 0 Å². The van der Waals surface area contributed by atoms with E-state index in [1.165, 1.54) is 64.6 Å². The van der Waals surface area contributed by atoms with Crippen molar-refractivity contribution in [3.8, 4) is 0 Å². The fourth-order valence-corrected chi connectivity index (χ4v) is 4.26. The first kappa shape index (κ1) is 15.7. The summed E-state index contributed by atoms with van der Waals surface area (Å²) < 4.78 is 0. The monoisotopic (exact) mass is 295 g/mol. The van der Waals surface area contributed by atoms with Crippen LogP contribution in [0.4, 0.5) is 0 Å². The molecule has 0 aromatic rings. The summed E-state index contributed by atoms with van der Waals surface area (Å²) in [4.78, 5) is 5.19. The minimum absolute atomic E-state index is 0.342. The van der Waals surface area contributed by atoms with Crippen LogP contribution in [0.3, 0.4) is 0 Å². The van der Waals surface area contributed by atoms with E-state index in [1.54, 1.807) is 0 Å². The Labute approximate surface area is 129 Å². The Morgan fingerprint density at radius 1 is 1.19 bits per heavy atom. The number of hydrogen-bond acceptors (Lipinski definition) is 4. The molecule has 0 aromatic heterocycles. The van der Waals surface area contributed by atoms with Crippen molar-refractivity contribution in [2.45, 2.75) is 76.0 Å². The van der Waals surface area contributed by atoms with E-state index in [4.69, 9.17) is 0 Å². The molecule has 4 heteroatoms. The van der Waals surface area contributed by atoms with E-state index in [-0.39, 0.29) is 0 Å². The standard InChI is InChI=1S/C17H33N3O/c1-14-11-15(12-20(14)16-6-7-16)18-8-2-3-9-19-10-4-5-17(19)13-21/h14-18,21H,2-13H2,1H3. The maximum atomic E-state index is 9.32. The molecule has 0 amide bonds. The maximum Gasteiger partial charge on any atom is 0.0586 e. The van der Waals surface area contributed by atoms with Crippen molar-refractivity contribution in [3.63, 3.8) is 0 Å². The molecule has 0 bridgehead atoms. The topological polar surface area (TPSA) is 38.7 Å². The average Bonchev–Trinajstić information content (AvgIpc) is 3.11. The van der Waals surface area contributed by atoms with Gasteiger partial charge in [0.15, 0.2) is 0 Å². The molecule has 2 N–H and O–H groups in total. The van der Waals surface area contributed by atoms with Crippen LogP contribution in [0.1, 0.15) is 51.9 Å². The first-order valence-corrected chi connectivity index (χ1v) is 9.12. The summed E-state index contributed by atoms with van der Waals surface area (Å²) in [5.41, 5.74) is 0. The predicted molar refractivity (Wildman–Crippen MR) is 86.5 cm³/mol. The number of rotatable bonds is 8. The van der Waals surface area contributed by atoms with Crippen LogP contribution in [-0.4, -0.2) is 71.9 Å². The second-order valence-corrected chi connectivity index (χ2v) is 7.39. The Hall–Kier alpha value is -0.160. The number of aliphatic hydroxyl groups is 1. The van der Waals surface area contributed by atoms with Crippen molar-refractivity contribution in [2.24, 2.45) is 0 Å². The molecule has 0 spiro atoms. The molecule has 21 heavy (non-hydrogen) atoms. The predicted octanol–water partition coefficient (Wildman–Crippen LogP) is 1.44. The van der Waals surface area contributed by atoms with Gasteiger partial charge in [0.05, 0.1) is 6.61 Å². The largest absolute Gasteiger partial charge is 0.395 e. The lowest BCUT2D eigenvalue weighted by Crippen LogP contribution is -2.35. The fourth-order valence-electron chi connectivity index (χ4n) is 4.26. The van der Waals surface area contributed by atoms with E-state index in [2.05, 4.69) is 22.0 Å². The summed E-state index contributed by atoms with van der Waals surface area (Å²) in [5, 5.41) is 13.1. The lowest BCUT2D eigenvalue weighted by Gasteiger charge is -2.22. The van der Waals surface area contributed by atoms with Crippen molar-refractivity contribution in [2.75, 3.05) is 32.8 Å². The minimum Gasteiger partial charge on any atom is -0.395 e. The molecule has 1 saturated carbocycles. The second-order valence-electron chi connectivity index (χ2n) is 7.39. The van der Waals surface area contributed by atoms with Gasteiger partial charge in [-0.1, -0.05) is 0 Å². The van der Waals surface area contributed by atoms with Crippen LogP contribution < -0.4 is 5.32 Å². The first-order chi connectivity index (χ1) is 10.3. The van der Waals surface area contributed by atoms with Gasteiger partial charge in [0, 0.05) is 30.7 Å². The third-order valence-electron chi connectivity index (χ3n) is 5.65. The average molecular weight is 295 g/mol. The molecule has 2 saturated heterocycles. The van der Waals surface area contributed by atoms with Crippen molar-refractivity contribution >= 4 is 0 Å². The summed E-state index contributed by atoms with van der Waals surface area (Å²) in [6, 6.07) is 2.86. The number of nitrogens with one attached hydrogen (secondary N) is 1. The molecule has 3 atom stereocenters. The molecular weight excluding hydrogens is 262 g/mol. The summed E-state index contributed by atoms with van der Waals surface area (Å²) in [6.45, 7) is 7.52. The molecule has 122 valence electrons. The third-order valence-corrected chi connectivity index (χ3v) is 5.65. The van der Waals surface area contributed by atoms with Crippen molar-refractivity contribution in [1.82, 2.24) is 15.1 Å². The van der Waals surface area contributed by atoms with Gasteiger partial charge >= 0.3 is 0 Å². The normalized spacial score (nSPS) is 34.9. The van der Waals surface area contributed by atoms with E-state index < -0.39 is 0 Å². The molecule has 3 unspecified atom stereocenters. The van der Waals surface area contributed by atoms with Crippen molar-refractivity contribution in [1.29, 1.82) is 0 Å². The molecule has 1 aliphatic carbocycles. The highest BCUT2D eigenvalue weighted by Crippen LogP contribution is 2.33. The van der Waals surface area contributed by atoms with Crippen LogP contribution in [0.5, 0.6) is 0 Å². The molecule has 0 aromatic carbocycles. The first-order valence-electron chi connectivity index (χ1n) is 9.12. The summed E-state index contributed by atoms with van der Waals surface area (Å²) in [5.74, 6) is 0. The zero-order valence-electron chi connectivity index (χ0n) is 13.6. The Morgan fingerprint density at radius 2 is 2.05 bits per heavy atom. The quantitative estimate of drug-likeness (QED) is 0.665. The van der Waals surface area contributed by atoms with Crippen LogP contribution in [0.25, 0.3) is 0 Å². The second kappa shape index (κ2) is 7.40. The number of likely N-dealkylation sites (tertiary alicyclic amines) is 2. The van der Waals surface area contributed by atoms with Crippen molar-refractivity contribution < 1.29 is 5.11 Å².